The van der Waals surface area contributed by atoms with Gasteiger partial charge in [0.05, 0.1) is 0 Å². The number of hydrogen-bond donors (Lipinski definition) is 0. The van der Waals surface area contributed by atoms with Gasteiger partial charge in [-0.25, -0.2) is 34.4 Å². The summed E-state index contributed by atoms with van der Waals surface area (Å²) in [7, 11) is 0. The van der Waals surface area contributed by atoms with Crippen LogP contribution in [0.3, 0.4) is 0 Å². The third-order valence-electron chi connectivity index (χ3n) is 3.14. The zero-order valence-electron chi connectivity index (χ0n) is 12.7. The molecular formula is C16H22F2Zr. The first-order valence-electron chi connectivity index (χ1n) is 5.91. The van der Waals surface area contributed by atoms with E-state index in [0.717, 1.165) is 12.8 Å². The number of rotatable bonds is 0. The average molecular weight is 344 g/mol. The summed E-state index contributed by atoms with van der Waals surface area (Å²) in [5, 5.41) is 0. The predicted octanol–water partition coefficient (Wildman–Crippen LogP) is -1.04. The van der Waals surface area contributed by atoms with E-state index in [4.69, 9.17) is 0 Å². The van der Waals surface area contributed by atoms with Crippen LogP contribution in [0.1, 0.15) is 54.4 Å². The Morgan fingerprint density at radius 3 is 0.947 bits per heavy atom. The molecule has 0 aromatic carbocycles. The molecule has 0 fully saturated rings. The first kappa shape index (κ1) is 23.8. The van der Waals surface area contributed by atoms with Crippen molar-refractivity contribution in [1.29, 1.82) is 0 Å². The first-order valence-corrected chi connectivity index (χ1v) is 5.91. The summed E-state index contributed by atoms with van der Waals surface area (Å²) in [6, 6.07) is 0. The number of allylic oxidation sites excluding steroid dienone is 8. The minimum absolute atomic E-state index is 0. The summed E-state index contributed by atoms with van der Waals surface area (Å²) in [6.07, 6.45) is 8.81. The molecule has 0 nitrogen and oxygen atoms in total. The molecule has 0 aliphatic heterocycles. The van der Waals surface area contributed by atoms with Crippen LogP contribution in [0.4, 0.5) is 0 Å². The van der Waals surface area contributed by atoms with E-state index in [-0.39, 0.29) is 35.6 Å². The fourth-order valence-electron chi connectivity index (χ4n) is 2.00. The molecule has 2 rings (SSSR count). The Kier molecular flexibility index (Phi) is 13.1. The van der Waals surface area contributed by atoms with Gasteiger partial charge in [0.1, 0.15) is 0 Å². The Labute approximate surface area is 135 Å². The van der Waals surface area contributed by atoms with Crippen molar-refractivity contribution >= 4 is 0 Å². The van der Waals surface area contributed by atoms with Crippen LogP contribution in [0.5, 0.6) is 0 Å². The Balaban J connectivity index is -0.000000233. The molecule has 19 heavy (non-hydrogen) atoms. The molecule has 0 aromatic heterocycles. The summed E-state index contributed by atoms with van der Waals surface area (Å²) in [4.78, 5) is 0. The van der Waals surface area contributed by atoms with E-state index in [1.54, 1.807) is 0 Å². The van der Waals surface area contributed by atoms with Crippen LogP contribution in [0.15, 0.2) is 33.4 Å². The third kappa shape index (κ3) is 7.77. The Bertz CT molecular complexity index is 372. The standard InChI is InChI=1S/2C8H11.2FH.Zr/c2*1-6-4-7(2)8(3)5-6;;;/h2*4H2,1-3H3;2*1H;/q2*-1;;;+4/p-2. The van der Waals surface area contributed by atoms with Crippen LogP contribution in [-0.2, 0) is 26.2 Å². The molecule has 0 unspecified atom stereocenters. The number of hydrogen-bond acceptors (Lipinski definition) is 0. The topological polar surface area (TPSA) is 0 Å². The summed E-state index contributed by atoms with van der Waals surface area (Å²) in [5.74, 6) is 0. The van der Waals surface area contributed by atoms with E-state index < -0.39 is 0 Å². The van der Waals surface area contributed by atoms with E-state index in [9.17, 15) is 0 Å². The SMILES string of the molecule is CC1=[C-]C(C)=C(C)C1.CC1=[C-]C(C)=C(C)C1.[F-].[F-].[Zr+4]. The Hall–Kier alpha value is -0.297. The van der Waals surface area contributed by atoms with Crippen molar-refractivity contribution in [2.45, 2.75) is 54.4 Å². The largest absolute Gasteiger partial charge is 4.00 e. The van der Waals surface area contributed by atoms with Crippen LogP contribution in [0, 0.1) is 12.2 Å². The molecule has 0 heterocycles. The molecule has 0 bridgehead atoms. The molecule has 2 aliphatic carbocycles. The van der Waals surface area contributed by atoms with Gasteiger partial charge in [0.2, 0.25) is 0 Å². The minimum atomic E-state index is 0. The van der Waals surface area contributed by atoms with E-state index in [1.807, 2.05) is 0 Å². The quantitative estimate of drug-likeness (QED) is 0.493. The summed E-state index contributed by atoms with van der Waals surface area (Å²) in [5.41, 5.74) is 8.37. The van der Waals surface area contributed by atoms with E-state index in [2.05, 4.69) is 53.7 Å². The van der Waals surface area contributed by atoms with Gasteiger partial charge in [0.15, 0.2) is 0 Å². The third-order valence-corrected chi connectivity index (χ3v) is 3.14. The molecular weight excluding hydrogens is 321 g/mol. The maximum atomic E-state index is 3.26. The molecule has 0 spiro atoms. The summed E-state index contributed by atoms with van der Waals surface area (Å²) < 4.78 is 0. The van der Waals surface area contributed by atoms with Crippen molar-refractivity contribution in [1.82, 2.24) is 0 Å². The monoisotopic (exact) mass is 342 g/mol. The van der Waals surface area contributed by atoms with Crippen LogP contribution in [0.2, 0.25) is 0 Å². The van der Waals surface area contributed by atoms with Crippen molar-refractivity contribution < 1.29 is 35.6 Å². The molecule has 0 N–H and O–H groups in total. The average Bonchev–Trinajstić information content (AvgIpc) is 2.58. The van der Waals surface area contributed by atoms with Crippen LogP contribution in [0.25, 0.3) is 0 Å². The molecule has 0 saturated carbocycles. The normalized spacial score (nSPS) is 16.5. The fourth-order valence-corrected chi connectivity index (χ4v) is 2.00. The van der Waals surface area contributed by atoms with Gasteiger partial charge in [0, 0.05) is 0 Å². The zero-order chi connectivity index (χ0) is 12.3. The van der Waals surface area contributed by atoms with E-state index >= 15 is 0 Å². The summed E-state index contributed by atoms with van der Waals surface area (Å²) >= 11 is 0. The van der Waals surface area contributed by atoms with E-state index in [0.29, 0.717) is 0 Å². The van der Waals surface area contributed by atoms with Gasteiger partial charge < -0.3 is 9.41 Å². The predicted molar refractivity (Wildman–Crippen MR) is 70.8 cm³/mol. The second-order valence-electron chi connectivity index (χ2n) is 4.97. The van der Waals surface area contributed by atoms with Gasteiger partial charge in [-0.3, -0.25) is 0 Å². The van der Waals surface area contributed by atoms with Gasteiger partial charge in [-0.1, -0.05) is 40.5 Å². The fraction of sp³-hybridized carbons (Fsp3) is 0.500. The Morgan fingerprint density at radius 1 is 0.632 bits per heavy atom. The van der Waals surface area contributed by atoms with Gasteiger partial charge in [-0.2, -0.15) is 11.1 Å². The van der Waals surface area contributed by atoms with Gasteiger partial charge in [0.25, 0.3) is 0 Å². The smallest absolute Gasteiger partial charge is 1.00 e. The second-order valence-corrected chi connectivity index (χ2v) is 4.97. The van der Waals surface area contributed by atoms with Crippen molar-refractivity contribution in [2.24, 2.45) is 0 Å². The molecule has 0 saturated heterocycles. The van der Waals surface area contributed by atoms with E-state index in [1.165, 1.54) is 33.4 Å². The molecule has 0 atom stereocenters. The van der Waals surface area contributed by atoms with Gasteiger partial charge >= 0.3 is 26.2 Å². The van der Waals surface area contributed by atoms with Crippen molar-refractivity contribution in [3.8, 4) is 0 Å². The van der Waals surface area contributed by atoms with Crippen LogP contribution < -0.4 is 9.41 Å². The molecule has 0 aromatic rings. The molecule has 2 aliphatic rings. The minimum Gasteiger partial charge on any atom is -1.00 e. The Morgan fingerprint density at radius 2 is 0.895 bits per heavy atom. The van der Waals surface area contributed by atoms with Crippen LogP contribution >= 0.6 is 0 Å². The molecule has 3 heteroatoms. The van der Waals surface area contributed by atoms with Crippen molar-refractivity contribution in [3.05, 3.63) is 45.6 Å². The van der Waals surface area contributed by atoms with Gasteiger partial charge in [-0.15, -0.1) is 13.8 Å². The summed E-state index contributed by atoms with van der Waals surface area (Å²) in [6.45, 7) is 12.8. The maximum Gasteiger partial charge on any atom is 4.00 e. The number of halogens is 2. The van der Waals surface area contributed by atoms with Gasteiger partial charge in [-0.05, 0) is 0 Å². The molecule has 104 valence electrons. The molecule has 0 amide bonds. The van der Waals surface area contributed by atoms with Crippen molar-refractivity contribution in [3.63, 3.8) is 0 Å². The van der Waals surface area contributed by atoms with Crippen molar-refractivity contribution in [2.75, 3.05) is 0 Å². The first-order chi connectivity index (χ1) is 7.40. The van der Waals surface area contributed by atoms with Crippen LogP contribution in [-0.4, -0.2) is 0 Å². The zero-order valence-corrected chi connectivity index (χ0v) is 15.1. The maximum absolute atomic E-state index is 3.26. The second kappa shape index (κ2) is 10.5. The molecule has 0 radical (unpaired) electrons.